The summed E-state index contributed by atoms with van der Waals surface area (Å²) in [5, 5.41) is -0.678. The van der Waals surface area contributed by atoms with E-state index in [1.165, 1.54) is 0 Å². The highest BCUT2D eigenvalue weighted by Crippen LogP contribution is 2.30. The van der Waals surface area contributed by atoms with Crippen molar-refractivity contribution in [3.8, 4) is 11.5 Å². The second-order valence-electron chi connectivity index (χ2n) is 4.60. The maximum absolute atomic E-state index is 12.1. The highest BCUT2D eigenvalue weighted by molar-refractivity contribution is 7.93. The van der Waals surface area contributed by atoms with E-state index in [0.717, 1.165) is 0 Å². The standard InChI is InChI=1S/C15H18N2O3S/c1-12(11-16)21(18,19)17-14-9-5-6-10-15(14)20-13-7-3-2-4-8-13/h2-10,12,17H,11,16H2,1H3. The molecule has 6 heteroatoms. The molecular formula is C15H18N2O3S. The van der Waals surface area contributed by atoms with Gasteiger partial charge in [-0.2, -0.15) is 0 Å². The van der Waals surface area contributed by atoms with E-state index in [9.17, 15) is 8.42 Å². The van der Waals surface area contributed by atoms with Gasteiger partial charge in [-0.3, -0.25) is 4.72 Å². The Hall–Kier alpha value is -2.05. The fourth-order valence-electron chi connectivity index (χ4n) is 1.64. The summed E-state index contributed by atoms with van der Waals surface area (Å²) < 4.78 is 32.4. The van der Waals surface area contributed by atoms with Gasteiger partial charge in [0.2, 0.25) is 10.0 Å². The number of anilines is 1. The molecule has 3 N–H and O–H groups in total. The first-order chi connectivity index (χ1) is 10.0. The highest BCUT2D eigenvalue weighted by Gasteiger charge is 2.20. The van der Waals surface area contributed by atoms with E-state index in [1.807, 2.05) is 18.2 Å². The predicted octanol–water partition coefficient (Wildman–Crippen LogP) is 2.57. The molecule has 1 unspecified atom stereocenters. The van der Waals surface area contributed by atoms with Crippen molar-refractivity contribution < 1.29 is 13.2 Å². The largest absolute Gasteiger partial charge is 0.455 e. The van der Waals surface area contributed by atoms with Crippen molar-refractivity contribution in [3.63, 3.8) is 0 Å². The topological polar surface area (TPSA) is 81.4 Å². The minimum Gasteiger partial charge on any atom is -0.455 e. The second kappa shape index (κ2) is 6.60. The maximum Gasteiger partial charge on any atom is 0.236 e. The molecule has 0 amide bonds. The first-order valence-electron chi connectivity index (χ1n) is 6.56. The third kappa shape index (κ3) is 3.96. The van der Waals surface area contributed by atoms with Crippen molar-refractivity contribution in [2.45, 2.75) is 12.2 Å². The van der Waals surface area contributed by atoms with Crippen molar-refractivity contribution in [1.82, 2.24) is 0 Å². The lowest BCUT2D eigenvalue weighted by Crippen LogP contribution is -2.31. The Bertz CT molecular complexity index is 687. The minimum atomic E-state index is -3.53. The fourth-order valence-corrected chi connectivity index (χ4v) is 2.57. The number of hydrogen-bond donors (Lipinski definition) is 2. The lowest BCUT2D eigenvalue weighted by atomic mass is 10.3. The summed E-state index contributed by atoms with van der Waals surface area (Å²) in [5.41, 5.74) is 5.81. The zero-order valence-corrected chi connectivity index (χ0v) is 12.5. The van der Waals surface area contributed by atoms with Gasteiger partial charge in [-0.25, -0.2) is 8.42 Å². The van der Waals surface area contributed by atoms with Crippen molar-refractivity contribution >= 4 is 15.7 Å². The summed E-state index contributed by atoms with van der Waals surface area (Å²) in [5.74, 6) is 1.08. The van der Waals surface area contributed by atoms with Crippen LogP contribution in [-0.4, -0.2) is 20.2 Å². The zero-order valence-electron chi connectivity index (χ0n) is 11.7. The number of para-hydroxylation sites is 3. The first kappa shape index (κ1) is 15.3. The summed E-state index contributed by atoms with van der Waals surface area (Å²) in [6, 6.07) is 16.0. The number of nitrogens with one attached hydrogen (secondary N) is 1. The molecule has 0 bridgehead atoms. The van der Waals surface area contributed by atoms with Crippen molar-refractivity contribution in [2.75, 3.05) is 11.3 Å². The Balaban J connectivity index is 2.26. The van der Waals surface area contributed by atoms with Crippen LogP contribution in [0.1, 0.15) is 6.92 Å². The Kier molecular flexibility index (Phi) is 4.82. The molecule has 0 aliphatic heterocycles. The normalized spacial score (nSPS) is 12.7. The van der Waals surface area contributed by atoms with Gasteiger partial charge in [-0.15, -0.1) is 0 Å². The highest BCUT2D eigenvalue weighted by atomic mass is 32.2. The van der Waals surface area contributed by atoms with E-state index < -0.39 is 15.3 Å². The monoisotopic (exact) mass is 306 g/mol. The molecular weight excluding hydrogens is 288 g/mol. The van der Waals surface area contributed by atoms with E-state index in [-0.39, 0.29) is 6.54 Å². The molecule has 0 spiro atoms. The minimum absolute atomic E-state index is 0.0526. The van der Waals surface area contributed by atoms with E-state index in [4.69, 9.17) is 10.5 Å². The van der Waals surface area contributed by atoms with Crippen LogP contribution in [0.15, 0.2) is 54.6 Å². The first-order valence-corrected chi connectivity index (χ1v) is 8.11. The van der Waals surface area contributed by atoms with Gasteiger partial charge in [0.25, 0.3) is 0 Å². The van der Waals surface area contributed by atoms with Gasteiger partial charge < -0.3 is 10.5 Å². The number of nitrogens with two attached hydrogens (primary N) is 1. The SMILES string of the molecule is CC(CN)S(=O)(=O)Nc1ccccc1Oc1ccccc1. The van der Waals surface area contributed by atoms with Gasteiger partial charge in [0.05, 0.1) is 10.9 Å². The molecule has 0 aromatic heterocycles. The lowest BCUT2D eigenvalue weighted by Gasteiger charge is -2.16. The van der Waals surface area contributed by atoms with Crippen molar-refractivity contribution in [3.05, 3.63) is 54.6 Å². The summed E-state index contributed by atoms with van der Waals surface area (Å²) in [7, 11) is -3.53. The van der Waals surface area contributed by atoms with Gasteiger partial charge in [-0.1, -0.05) is 30.3 Å². The average molecular weight is 306 g/mol. The molecule has 0 aliphatic carbocycles. The van der Waals surface area contributed by atoms with Gasteiger partial charge in [0, 0.05) is 6.54 Å². The lowest BCUT2D eigenvalue weighted by molar-refractivity contribution is 0.484. The van der Waals surface area contributed by atoms with Crippen LogP contribution in [0.25, 0.3) is 0 Å². The Morgan fingerprint density at radius 1 is 1.10 bits per heavy atom. The van der Waals surface area contributed by atoms with Crippen LogP contribution in [-0.2, 0) is 10.0 Å². The Morgan fingerprint density at radius 3 is 2.38 bits per heavy atom. The summed E-state index contributed by atoms with van der Waals surface area (Å²) in [6.07, 6.45) is 0. The number of hydrogen-bond acceptors (Lipinski definition) is 4. The second-order valence-corrected chi connectivity index (χ2v) is 6.70. The van der Waals surface area contributed by atoms with Gasteiger partial charge in [-0.05, 0) is 31.2 Å². The van der Waals surface area contributed by atoms with Gasteiger partial charge in [0.1, 0.15) is 5.75 Å². The third-order valence-electron chi connectivity index (χ3n) is 2.97. The van der Waals surface area contributed by atoms with Crippen LogP contribution in [0, 0.1) is 0 Å². The summed E-state index contributed by atoms with van der Waals surface area (Å²) in [6.45, 7) is 1.61. The van der Waals surface area contributed by atoms with Crippen LogP contribution >= 0.6 is 0 Å². The van der Waals surface area contributed by atoms with E-state index in [2.05, 4.69) is 4.72 Å². The summed E-state index contributed by atoms with van der Waals surface area (Å²) in [4.78, 5) is 0. The fraction of sp³-hybridized carbons (Fsp3) is 0.200. The summed E-state index contributed by atoms with van der Waals surface area (Å²) >= 11 is 0. The van der Waals surface area contributed by atoms with Crippen LogP contribution < -0.4 is 15.2 Å². The van der Waals surface area contributed by atoms with E-state index in [0.29, 0.717) is 17.2 Å². The van der Waals surface area contributed by atoms with Crippen molar-refractivity contribution in [2.24, 2.45) is 5.73 Å². The molecule has 0 saturated heterocycles. The molecule has 0 fully saturated rings. The molecule has 2 aromatic rings. The number of benzene rings is 2. The third-order valence-corrected chi connectivity index (χ3v) is 4.73. The zero-order chi connectivity index (χ0) is 15.3. The van der Waals surface area contributed by atoms with Gasteiger partial charge >= 0.3 is 0 Å². The average Bonchev–Trinajstić information content (AvgIpc) is 2.49. The van der Waals surface area contributed by atoms with E-state index >= 15 is 0 Å². The quantitative estimate of drug-likeness (QED) is 0.859. The number of sulfonamides is 1. The number of rotatable bonds is 6. The molecule has 2 aromatic carbocycles. The Morgan fingerprint density at radius 2 is 1.71 bits per heavy atom. The molecule has 0 aliphatic rings. The van der Waals surface area contributed by atoms with Crippen LogP contribution in [0.3, 0.4) is 0 Å². The van der Waals surface area contributed by atoms with E-state index in [1.54, 1.807) is 43.3 Å². The van der Waals surface area contributed by atoms with Crippen molar-refractivity contribution in [1.29, 1.82) is 0 Å². The predicted molar refractivity (Wildman–Crippen MR) is 84.0 cm³/mol. The smallest absolute Gasteiger partial charge is 0.236 e. The molecule has 112 valence electrons. The number of ether oxygens (including phenoxy) is 1. The molecule has 21 heavy (non-hydrogen) atoms. The molecule has 2 rings (SSSR count). The Labute approximate surface area is 124 Å². The van der Waals surface area contributed by atoms with Gasteiger partial charge in [0.15, 0.2) is 5.75 Å². The molecule has 1 atom stereocenters. The maximum atomic E-state index is 12.1. The molecule has 0 radical (unpaired) electrons. The van der Waals surface area contributed by atoms with Crippen LogP contribution in [0.2, 0.25) is 0 Å². The van der Waals surface area contributed by atoms with Crippen LogP contribution in [0.5, 0.6) is 11.5 Å². The molecule has 5 nitrogen and oxygen atoms in total. The van der Waals surface area contributed by atoms with Crippen LogP contribution in [0.4, 0.5) is 5.69 Å². The molecule has 0 heterocycles. The molecule has 0 saturated carbocycles.